The van der Waals surface area contributed by atoms with Crippen LogP contribution in [0.2, 0.25) is 0 Å². The zero-order valence-corrected chi connectivity index (χ0v) is 13.7. The number of nitrogens with zero attached hydrogens (tertiary/aromatic N) is 1. The summed E-state index contributed by atoms with van der Waals surface area (Å²) in [6.07, 6.45) is 1.11. The summed E-state index contributed by atoms with van der Waals surface area (Å²) in [6, 6.07) is 7.73. The monoisotopic (exact) mass is 322 g/mol. The van der Waals surface area contributed by atoms with Crippen LogP contribution in [0, 0.1) is 0 Å². The lowest BCUT2D eigenvalue weighted by atomic mass is 10.1. The first-order valence-corrected chi connectivity index (χ1v) is 8.24. The Morgan fingerprint density at radius 1 is 1.33 bits per heavy atom. The van der Waals surface area contributed by atoms with Crippen molar-refractivity contribution < 1.29 is 9.59 Å². The molecule has 1 aliphatic rings. The highest BCUT2D eigenvalue weighted by atomic mass is 32.2. The Morgan fingerprint density at radius 2 is 2.00 bits per heavy atom. The normalized spacial score (nSPS) is 18.2. The predicted molar refractivity (Wildman–Crippen MR) is 90.4 cm³/mol. The molecule has 0 spiro atoms. The van der Waals surface area contributed by atoms with E-state index >= 15 is 0 Å². The quantitative estimate of drug-likeness (QED) is 0.847. The van der Waals surface area contributed by atoms with Gasteiger partial charge in [-0.15, -0.1) is 0 Å². The number of aryl methyl sites for hydroxylation is 1. The molecule has 1 fully saturated rings. The van der Waals surface area contributed by atoms with E-state index in [0.717, 1.165) is 12.1 Å². The highest BCUT2D eigenvalue weighted by Crippen LogP contribution is 2.29. The SMILES string of the molecule is CCc1ccc(NC(=O)CC2SC(=S)N(CC)C2=O)cc1. The molecule has 1 aliphatic heterocycles. The number of hydrogen-bond acceptors (Lipinski definition) is 4. The average molecular weight is 322 g/mol. The first-order valence-electron chi connectivity index (χ1n) is 6.96. The third kappa shape index (κ3) is 3.83. The summed E-state index contributed by atoms with van der Waals surface area (Å²) in [5, 5.41) is 2.43. The molecule has 2 amide bonds. The fourth-order valence-electron chi connectivity index (χ4n) is 2.12. The molecule has 1 atom stereocenters. The van der Waals surface area contributed by atoms with Crippen molar-refractivity contribution in [2.24, 2.45) is 0 Å². The van der Waals surface area contributed by atoms with Gasteiger partial charge in [0.25, 0.3) is 0 Å². The van der Waals surface area contributed by atoms with Crippen LogP contribution in [0.5, 0.6) is 0 Å². The van der Waals surface area contributed by atoms with Crippen molar-refractivity contribution in [1.29, 1.82) is 0 Å². The number of benzene rings is 1. The minimum Gasteiger partial charge on any atom is -0.326 e. The molecular weight excluding hydrogens is 304 g/mol. The molecule has 6 heteroatoms. The van der Waals surface area contributed by atoms with Crippen molar-refractivity contribution in [3.05, 3.63) is 29.8 Å². The molecule has 1 aromatic carbocycles. The molecular formula is C15H18N2O2S2. The van der Waals surface area contributed by atoms with Crippen LogP contribution in [0.15, 0.2) is 24.3 Å². The van der Waals surface area contributed by atoms with Crippen LogP contribution in [-0.2, 0) is 16.0 Å². The molecule has 1 saturated heterocycles. The van der Waals surface area contributed by atoms with Crippen molar-refractivity contribution in [3.63, 3.8) is 0 Å². The summed E-state index contributed by atoms with van der Waals surface area (Å²) in [5.41, 5.74) is 1.97. The van der Waals surface area contributed by atoms with Crippen molar-refractivity contribution in [2.75, 3.05) is 11.9 Å². The number of carbonyl (C=O) groups is 2. The van der Waals surface area contributed by atoms with E-state index in [9.17, 15) is 9.59 Å². The first kappa shape index (κ1) is 16.0. The number of rotatable bonds is 5. The highest BCUT2D eigenvalue weighted by molar-refractivity contribution is 8.24. The Morgan fingerprint density at radius 3 is 2.52 bits per heavy atom. The largest absolute Gasteiger partial charge is 0.326 e. The average Bonchev–Trinajstić information content (AvgIpc) is 2.73. The van der Waals surface area contributed by atoms with Crippen LogP contribution in [0.3, 0.4) is 0 Å². The van der Waals surface area contributed by atoms with E-state index in [1.165, 1.54) is 17.3 Å². The Bertz CT molecular complexity index is 557. The molecule has 112 valence electrons. The maximum absolute atomic E-state index is 12.1. The van der Waals surface area contributed by atoms with Crippen LogP contribution in [0.4, 0.5) is 5.69 Å². The van der Waals surface area contributed by atoms with Crippen LogP contribution >= 0.6 is 24.0 Å². The lowest BCUT2D eigenvalue weighted by Gasteiger charge is -2.12. The molecule has 21 heavy (non-hydrogen) atoms. The molecule has 0 aliphatic carbocycles. The molecule has 0 radical (unpaired) electrons. The Hall–Kier alpha value is -1.40. The second kappa shape index (κ2) is 7.04. The summed E-state index contributed by atoms with van der Waals surface area (Å²) < 4.78 is 0.563. The Labute approximate surface area is 134 Å². The number of thiocarbonyl (C=S) groups is 1. The zero-order valence-electron chi connectivity index (χ0n) is 12.1. The smallest absolute Gasteiger partial charge is 0.242 e. The third-order valence-electron chi connectivity index (χ3n) is 3.34. The van der Waals surface area contributed by atoms with Gasteiger partial charge >= 0.3 is 0 Å². The lowest BCUT2D eigenvalue weighted by molar-refractivity contribution is -0.128. The highest BCUT2D eigenvalue weighted by Gasteiger charge is 2.37. The van der Waals surface area contributed by atoms with Gasteiger partial charge < -0.3 is 5.32 Å². The van der Waals surface area contributed by atoms with Crippen LogP contribution < -0.4 is 5.32 Å². The molecule has 0 bridgehead atoms. The second-order valence-electron chi connectivity index (χ2n) is 4.76. The fraction of sp³-hybridized carbons (Fsp3) is 0.400. The van der Waals surface area contributed by atoms with Gasteiger partial charge in [0, 0.05) is 18.7 Å². The molecule has 0 aromatic heterocycles. The molecule has 0 saturated carbocycles. The van der Waals surface area contributed by atoms with E-state index < -0.39 is 5.25 Å². The third-order valence-corrected chi connectivity index (χ3v) is 4.92. The fourth-order valence-corrected chi connectivity index (χ4v) is 3.74. The minimum atomic E-state index is -0.396. The molecule has 1 unspecified atom stereocenters. The number of carbonyl (C=O) groups excluding carboxylic acids is 2. The van der Waals surface area contributed by atoms with Gasteiger partial charge in [-0.25, -0.2) is 0 Å². The van der Waals surface area contributed by atoms with Gasteiger partial charge in [0.15, 0.2) is 0 Å². The van der Waals surface area contributed by atoms with E-state index in [-0.39, 0.29) is 18.2 Å². The van der Waals surface area contributed by atoms with Gasteiger partial charge in [-0.1, -0.05) is 43.0 Å². The van der Waals surface area contributed by atoms with E-state index in [1.807, 2.05) is 31.2 Å². The number of nitrogens with one attached hydrogen (secondary N) is 1. The number of hydrogen-bond donors (Lipinski definition) is 1. The second-order valence-corrected chi connectivity index (χ2v) is 6.59. The van der Waals surface area contributed by atoms with Crippen molar-refractivity contribution in [3.8, 4) is 0 Å². The standard InChI is InChI=1S/C15H18N2O2S2/c1-3-10-5-7-11(8-6-10)16-13(18)9-12-14(19)17(4-2)15(20)21-12/h5-8,12H,3-4,9H2,1-2H3,(H,16,18). The number of amides is 2. The number of thioether (sulfide) groups is 1. The van der Waals surface area contributed by atoms with E-state index in [0.29, 0.717) is 10.9 Å². The van der Waals surface area contributed by atoms with Crippen molar-refractivity contribution in [1.82, 2.24) is 4.90 Å². The first-order chi connectivity index (χ1) is 10.0. The van der Waals surface area contributed by atoms with E-state index in [1.54, 1.807) is 4.90 Å². The minimum absolute atomic E-state index is 0.0658. The van der Waals surface area contributed by atoms with Crippen molar-refractivity contribution >= 4 is 45.8 Å². The topological polar surface area (TPSA) is 49.4 Å². The van der Waals surface area contributed by atoms with Crippen molar-refractivity contribution in [2.45, 2.75) is 31.9 Å². The molecule has 1 N–H and O–H groups in total. The van der Waals surface area contributed by atoms with Gasteiger partial charge in [0.2, 0.25) is 11.8 Å². The summed E-state index contributed by atoms with van der Waals surface area (Å²) in [6.45, 7) is 4.52. The van der Waals surface area contributed by atoms with Gasteiger partial charge in [-0.2, -0.15) is 0 Å². The molecule has 2 rings (SSSR count). The summed E-state index contributed by atoms with van der Waals surface area (Å²) >= 11 is 6.44. The maximum atomic E-state index is 12.1. The van der Waals surface area contributed by atoms with Gasteiger partial charge in [0.05, 0.1) is 5.25 Å². The maximum Gasteiger partial charge on any atom is 0.242 e. The van der Waals surface area contributed by atoms with E-state index in [4.69, 9.17) is 12.2 Å². The lowest BCUT2D eigenvalue weighted by Crippen LogP contribution is -2.32. The van der Waals surface area contributed by atoms with Crippen LogP contribution in [-0.4, -0.2) is 32.8 Å². The van der Waals surface area contributed by atoms with E-state index in [2.05, 4.69) is 12.2 Å². The van der Waals surface area contributed by atoms with Crippen LogP contribution in [0.1, 0.15) is 25.8 Å². The molecule has 1 heterocycles. The van der Waals surface area contributed by atoms with Gasteiger partial charge in [-0.05, 0) is 31.0 Å². The van der Waals surface area contributed by atoms with Gasteiger partial charge in [-0.3, -0.25) is 14.5 Å². The summed E-state index contributed by atoms with van der Waals surface area (Å²) in [5.74, 6) is -0.227. The van der Waals surface area contributed by atoms with Crippen LogP contribution in [0.25, 0.3) is 0 Å². The zero-order chi connectivity index (χ0) is 15.4. The summed E-state index contributed by atoms with van der Waals surface area (Å²) in [4.78, 5) is 25.6. The summed E-state index contributed by atoms with van der Waals surface area (Å²) in [7, 11) is 0. The number of anilines is 1. The van der Waals surface area contributed by atoms with Gasteiger partial charge in [0.1, 0.15) is 4.32 Å². The molecule has 4 nitrogen and oxygen atoms in total. The Kier molecular flexibility index (Phi) is 5.36. The Balaban J connectivity index is 1.92. The molecule has 1 aromatic rings. The predicted octanol–water partition coefficient (Wildman–Crippen LogP) is 2.83.